The summed E-state index contributed by atoms with van der Waals surface area (Å²) in [6, 6.07) is 4.18. The van der Waals surface area contributed by atoms with Gasteiger partial charge in [-0.2, -0.15) is 0 Å². The van der Waals surface area contributed by atoms with E-state index in [-0.39, 0.29) is 23.9 Å². The molecule has 0 fully saturated rings. The summed E-state index contributed by atoms with van der Waals surface area (Å²) < 4.78 is 35.9. The van der Waals surface area contributed by atoms with Crippen LogP contribution in [0.25, 0.3) is 10.1 Å². The molecule has 0 aliphatic rings. The Hall–Kier alpha value is -1.67. The number of hydrogen-bond donors (Lipinski definition) is 2. The molecule has 1 heterocycles. The number of rotatable bonds is 5. The van der Waals surface area contributed by atoms with Crippen LogP contribution in [-0.4, -0.2) is 32.9 Å². The predicted molar refractivity (Wildman–Crippen MR) is 82.9 cm³/mol. The minimum Gasteiger partial charge on any atom is -0.397 e. The third kappa shape index (κ3) is 3.92. The number of carbonyl (C=O) groups is 1. The molecule has 21 heavy (non-hydrogen) atoms. The van der Waals surface area contributed by atoms with Gasteiger partial charge in [-0.3, -0.25) is 4.79 Å². The second-order valence-corrected chi connectivity index (χ2v) is 8.04. The van der Waals surface area contributed by atoms with Gasteiger partial charge in [0.15, 0.2) is 0 Å². The topological polar surface area (TPSA) is 89.3 Å². The summed E-state index contributed by atoms with van der Waals surface area (Å²) in [7, 11) is -3.04. The molecule has 0 saturated carbocycles. The average Bonchev–Trinajstić information content (AvgIpc) is 2.71. The molecule has 1 aromatic carbocycles. The van der Waals surface area contributed by atoms with Crippen LogP contribution in [0.2, 0.25) is 0 Å². The highest BCUT2D eigenvalue weighted by Crippen LogP contribution is 2.33. The molecule has 5 nitrogen and oxygen atoms in total. The van der Waals surface area contributed by atoms with E-state index in [0.29, 0.717) is 16.7 Å². The Morgan fingerprint density at radius 1 is 1.43 bits per heavy atom. The molecule has 2 rings (SSSR count). The number of nitrogens with one attached hydrogen (secondary N) is 1. The van der Waals surface area contributed by atoms with Gasteiger partial charge in [-0.1, -0.05) is 0 Å². The maximum Gasteiger partial charge on any atom is 0.263 e. The molecule has 114 valence electrons. The fraction of sp³-hybridized carbons (Fsp3) is 0.308. The molecule has 3 N–H and O–H groups in total. The van der Waals surface area contributed by atoms with Gasteiger partial charge in [0.05, 0.1) is 11.4 Å². The van der Waals surface area contributed by atoms with Crippen molar-refractivity contribution >= 4 is 42.9 Å². The average molecular weight is 330 g/mol. The molecule has 0 unspecified atom stereocenters. The summed E-state index contributed by atoms with van der Waals surface area (Å²) in [6.45, 7) is 0.244. The molecule has 8 heteroatoms. The minimum atomic E-state index is -3.04. The minimum absolute atomic E-state index is 0.0143. The number of sulfone groups is 1. The van der Waals surface area contributed by atoms with Crippen LogP contribution in [-0.2, 0) is 9.84 Å². The van der Waals surface area contributed by atoms with Gasteiger partial charge in [-0.05, 0) is 24.6 Å². The third-order valence-corrected chi connectivity index (χ3v) is 5.09. The van der Waals surface area contributed by atoms with Gasteiger partial charge in [0.2, 0.25) is 0 Å². The maximum absolute atomic E-state index is 13.2. The van der Waals surface area contributed by atoms with E-state index < -0.39 is 15.7 Å². The van der Waals surface area contributed by atoms with Crippen molar-refractivity contribution in [2.45, 2.75) is 6.42 Å². The molecular weight excluding hydrogens is 315 g/mol. The number of hydrogen-bond acceptors (Lipinski definition) is 5. The summed E-state index contributed by atoms with van der Waals surface area (Å²) >= 11 is 1.18. The zero-order valence-electron chi connectivity index (χ0n) is 11.3. The number of anilines is 1. The van der Waals surface area contributed by atoms with Crippen molar-refractivity contribution in [3.63, 3.8) is 0 Å². The lowest BCUT2D eigenvalue weighted by Crippen LogP contribution is -2.25. The van der Waals surface area contributed by atoms with E-state index in [2.05, 4.69) is 5.32 Å². The normalized spacial score (nSPS) is 11.7. The number of halogens is 1. The number of benzene rings is 1. The fourth-order valence-corrected chi connectivity index (χ4v) is 3.56. The number of nitrogens with two attached hydrogens (primary N) is 1. The van der Waals surface area contributed by atoms with Crippen LogP contribution in [0.5, 0.6) is 0 Å². The molecule has 0 atom stereocenters. The Balaban J connectivity index is 2.08. The van der Waals surface area contributed by atoms with Crippen LogP contribution in [0.1, 0.15) is 16.1 Å². The van der Waals surface area contributed by atoms with Crippen LogP contribution < -0.4 is 11.1 Å². The molecule has 0 saturated heterocycles. The molecule has 0 spiro atoms. The van der Waals surface area contributed by atoms with Crippen LogP contribution in [0.3, 0.4) is 0 Å². The van der Waals surface area contributed by atoms with Crippen molar-refractivity contribution in [1.29, 1.82) is 0 Å². The molecule has 0 radical (unpaired) electrons. The highest BCUT2D eigenvalue weighted by molar-refractivity contribution is 7.90. The third-order valence-electron chi connectivity index (χ3n) is 2.87. The number of carbonyl (C=O) groups excluding carboxylic acids is 1. The molecular formula is C13H15FN2O3S2. The first-order valence-electron chi connectivity index (χ1n) is 6.21. The van der Waals surface area contributed by atoms with Gasteiger partial charge in [0, 0.05) is 22.9 Å². The molecule has 0 aliphatic heterocycles. The van der Waals surface area contributed by atoms with Crippen LogP contribution in [0, 0.1) is 5.82 Å². The smallest absolute Gasteiger partial charge is 0.263 e. The van der Waals surface area contributed by atoms with Gasteiger partial charge < -0.3 is 11.1 Å². The van der Waals surface area contributed by atoms with Gasteiger partial charge >= 0.3 is 0 Å². The first kappa shape index (κ1) is 15.7. The first-order chi connectivity index (χ1) is 9.78. The van der Waals surface area contributed by atoms with Gasteiger partial charge in [0.1, 0.15) is 20.5 Å². The molecule has 0 bridgehead atoms. The SMILES string of the molecule is CS(=O)(=O)CCCNC(=O)c1sc2ccc(F)cc2c1N. The molecule has 1 aromatic heterocycles. The summed E-state index contributed by atoms with van der Waals surface area (Å²) in [5, 5.41) is 3.14. The van der Waals surface area contributed by atoms with Crippen LogP contribution >= 0.6 is 11.3 Å². The van der Waals surface area contributed by atoms with Crippen molar-refractivity contribution in [3.05, 3.63) is 28.9 Å². The molecule has 1 amide bonds. The van der Waals surface area contributed by atoms with Crippen LogP contribution in [0.15, 0.2) is 18.2 Å². The zero-order chi connectivity index (χ0) is 15.6. The van der Waals surface area contributed by atoms with E-state index in [4.69, 9.17) is 5.73 Å². The monoisotopic (exact) mass is 330 g/mol. The molecule has 2 aromatic rings. The largest absolute Gasteiger partial charge is 0.397 e. The van der Waals surface area contributed by atoms with Crippen molar-refractivity contribution in [2.24, 2.45) is 0 Å². The van der Waals surface area contributed by atoms with Gasteiger partial charge in [-0.25, -0.2) is 12.8 Å². The van der Waals surface area contributed by atoms with Crippen LogP contribution in [0.4, 0.5) is 10.1 Å². The summed E-state index contributed by atoms with van der Waals surface area (Å²) in [6.07, 6.45) is 1.48. The van der Waals surface area contributed by atoms with E-state index in [1.165, 1.54) is 23.5 Å². The summed E-state index contributed by atoms with van der Waals surface area (Å²) in [5.41, 5.74) is 6.11. The van der Waals surface area contributed by atoms with E-state index in [9.17, 15) is 17.6 Å². The van der Waals surface area contributed by atoms with E-state index in [1.807, 2.05) is 0 Å². The standard InChI is InChI=1S/C13H15FN2O3S2/c1-21(18,19)6-2-5-16-13(17)12-11(15)9-7-8(14)3-4-10(9)20-12/h3-4,7H,2,5-6,15H2,1H3,(H,16,17). The quantitative estimate of drug-likeness (QED) is 0.818. The number of amides is 1. The predicted octanol–water partition coefficient (Wildman–Crippen LogP) is 1.79. The number of thiophene rings is 1. The zero-order valence-corrected chi connectivity index (χ0v) is 13.0. The second kappa shape index (κ2) is 5.98. The van der Waals surface area contributed by atoms with Gasteiger partial charge in [0.25, 0.3) is 5.91 Å². The lowest BCUT2D eigenvalue weighted by molar-refractivity contribution is 0.0958. The number of fused-ring (bicyclic) bond motifs is 1. The lowest BCUT2D eigenvalue weighted by atomic mass is 10.2. The summed E-state index contributed by atoms with van der Waals surface area (Å²) in [4.78, 5) is 12.3. The second-order valence-electron chi connectivity index (χ2n) is 4.72. The Morgan fingerprint density at radius 3 is 2.81 bits per heavy atom. The summed E-state index contributed by atoms with van der Waals surface area (Å²) in [5.74, 6) is -0.768. The Labute approximate surface area is 125 Å². The Kier molecular flexibility index (Phi) is 4.48. The first-order valence-corrected chi connectivity index (χ1v) is 9.09. The highest BCUT2D eigenvalue weighted by Gasteiger charge is 2.16. The van der Waals surface area contributed by atoms with E-state index >= 15 is 0 Å². The number of nitrogen functional groups attached to an aromatic ring is 1. The van der Waals surface area contributed by atoms with Crippen molar-refractivity contribution in [2.75, 3.05) is 24.3 Å². The highest BCUT2D eigenvalue weighted by atomic mass is 32.2. The lowest BCUT2D eigenvalue weighted by Gasteiger charge is -2.03. The van der Waals surface area contributed by atoms with E-state index in [1.54, 1.807) is 6.07 Å². The van der Waals surface area contributed by atoms with Gasteiger partial charge in [-0.15, -0.1) is 11.3 Å². The van der Waals surface area contributed by atoms with Crippen molar-refractivity contribution in [1.82, 2.24) is 5.32 Å². The maximum atomic E-state index is 13.2. The Morgan fingerprint density at radius 2 is 2.14 bits per heavy atom. The van der Waals surface area contributed by atoms with Crippen molar-refractivity contribution < 1.29 is 17.6 Å². The molecule has 0 aliphatic carbocycles. The van der Waals surface area contributed by atoms with E-state index in [0.717, 1.165) is 11.0 Å². The fourth-order valence-electron chi connectivity index (χ4n) is 1.87. The van der Waals surface area contributed by atoms with Crippen molar-refractivity contribution in [3.8, 4) is 0 Å². The Bertz CT molecular complexity index is 784.